The van der Waals surface area contributed by atoms with E-state index in [1.165, 1.54) is 29.6 Å². The molecule has 0 aliphatic carbocycles. The van der Waals surface area contributed by atoms with Gasteiger partial charge in [0.25, 0.3) is 16.7 Å². The molecule has 3 aromatic carbocycles. The highest BCUT2D eigenvalue weighted by Gasteiger charge is 2.18. The van der Waals surface area contributed by atoms with Crippen LogP contribution < -0.4 is 16.7 Å². The zero-order valence-corrected chi connectivity index (χ0v) is 41.1. The lowest BCUT2D eigenvalue weighted by Gasteiger charge is -2.10. The molecule has 4 N–H and O–H groups in total. The van der Waals surface area contributed by atoms with Crippen molar-refractivity contribution in [2.75, 3.05) is 0 Å². The van der Waals surface area contributed by atoms with Crippen molar-refractivity contribution in [2.24, 2.45) is 0 Å². The van der Waals surface area contributed by atoms with E-state index in [0.29, 0.717) is 49.9 Å². The number of H-pyrrole nitrogens is 4. The van der Waals surface area contributed by atoms with Crippen LogP contribution in [0.3, 0.4) is 0 Å². The average Bonchev–Trinajstić information content (AvgIpc) is 4.38. The van der Waals surface area contributed by atoms with Crippen LogP contribution in [0.2, 0.25) is 0 Å². The summed E-state index contributed by atoms with van der Waals surface area (Å²) in [7, 11) is 0. The molecular weight excluding hydrogens is 965 g/mol. The maximum absolute atomic E-state index is 12.9. The minimum Gasteiger partial charge on any atom is -0.443 e. The van der Waals surface area contributed by atoms with E-state index in [0.717, 1.165) is 55.8 Å². The van der Waals surface area contributed by atoms with Gasteiger partial charge in [0, 0.05) is 113 Å². The van der Waals surface area contributed by atoms with Gasteiger partial charge in [0.05, 0.1) is 47.3 Å². The Labute approximate surface area is 429 Å². The number of fused-ring (bicyclic) bond motifs is 5. The SMILES string of the molecule is CC.CC.O=c1c2nccnc2c(-c2cn[nH]c2)cn1-c1ccc2nc[nH]c2c1.O=c1c2nccnc2c(-c2cn[nH]c2)cn1-c1ccc2ocnc2c1.O=c1c2nccnc2c(-c2cn[nH]c2)cn1-c1ccccc1. The molecule has 0 unspecified atom stereocenters. The molecule has 0 saturated carbocycles. The molecule has 14 rings (SSSR count). The van der Waals surface area contributed by atoms with Gasteiger partial charge < -0.3 is 9.40 Å². The van der Waals surface area contributed by atoms with Crippen molar-refractivity contribution in [2.45, 2.75) is 27.7 Å². The van der Waals surface area contributed by atoms with Crippen molar-refractivity contribution in [1.82, 2.24) is 89.1 Å². The first kappa shape index (κ1) is 48.7. The molecule has 0 atom stereocenters. The molecule has 0 aliphatic heterocycles. The van der Waals surface area contributed by atoms with E-state index in [9.17, 15) is 14.4 Å². The Morgan fingerprint density at radius 3 is 1.33 bits per heavy atom. The van der Waals surface area contributed by atoms with Crippen LogP contribution in [-0.4, -0.2) is 89.1 Å². The van der Waals surface area contributed by atoms with E-state index in [4.69, 9.17) is 4.42 Å². The van der Waals surface area contributed by atoms with Crippen molar-refractivity contribution >= 4 is 55.2 Å². The largest absolute Gasteiger partial charge is 0.443 e. The number of rotatable bonds is 6. The predicted molar refractivity (Wildman–Crippen MR) is 288 cm³/mol. The summed E-state index contributed by atoms with van der Waals surface area (Å²) in [5.41, 5.74) is 12.0. The summed E-state index contributed by atoms with van der Waals surface area (Å²) >= 11 is 0. The van der Waals surface area contributed by atoms with Crippen LogP contribution in [0, 0.1) is 0 Å². The van der Waals surface area contributed by atoms with Crippen molar-refractivity contribution in [3.63, 3.8) is 0 Å². The second-order valence-corrected chi connectivity index (χ2v) is 15.8. The fourth-order valence-corrected chi connectivity index (χ4v) is 8.23. The van der Waals surface area contributed by atoms with E-state index in [2.05, 4.69) is 75.4 Å². The highest BCUT2D eigenvalue weighted by molar-refractivity contribution is 5.92. The van der Waals surface area contributed by atoms with E-state index in [1.54, 1.807) is 108 Å². The summed E-state index contributed by atoms with van der Waals surface area (Å²) < 4.78 is 9.95. The second-order valence-electron chi connectivity index (χ2n) is 15.8. The van der Waals surface area contributed by atoms with Crippen LogP contribution in [0.1, 0.15) is 27.7 Å². The Kier molecular flexibility index (Phi) is 14.0. The van der Waals surface area contributed by atoms with E-state index >= 15 is 0 Å². The Balaban J connectivity index is 0.000000126. The Morgan fingerprint density at radius 1 is 0.434 bits per heavy atom. The number of benzene rings is 3. The first-order chi connectivity index (χ1) is 37.5. The van der Waals surface area contributed by atoms with Crippen molar-refractivity contribution < 1.29 is 4.42 Å². The van der Waals surface area contributed by atoms with Crippen LogP contribution in [0.25, 0.3) is 106 Å². The topological polar surface area (TPSA) is 284 Å². The third-order valence-corrected chi connectivity index (χ3v) is 11.6. The van der Waals surface area contributed by atoms with Gasteiger partial charge in [-0.1, -0.05) is 45.9 Å². The smallest absolute Gasteiger partial charge is 0.283 e. The van der Waals surface area contributed by atoms with Gasteiger partial charge in [-0.15, -0.1) is 0 Å². The van der Waals surface area contributed by atoms with Crippen molar-refractivity contribution in [3.05, 3.63) is 203 Å². The lowest BCUT2D eigenvalue weighted by atomic mass is 10.1. The quantitative estimate of drug-likeness (QED) is 0.121. The fraction of sp³-hybridized carbons (Fsp3) is 0.0741. The summed E-state index contributed by atoms with van der Waals surface area (Å²) in [5, 5.41) is 20.3. The van der Waals surface area contributed by atoms with Gasteiger partial charge >= 0.3 is 0 Å². The first-order valence-corrected chi connectivity index (χ1v) is 23.9. The molecule has 0 fully saturated rings. The van der Waals surface area contributed by atoms with Crippen LogP contribution in [0.15, 0.2) is 191 Å². The lowest BCUT2D eigenvalue weighted by Crippen LogP contribution is -2.19. The fourth-order valence-electron chi connectivity index (χ4n) is 8.23. The van der Waals surface area contributed by atoms with Gasteiger partial charge in [-0.05, 0) is 48.5 Å². The maximum Gasteiger partial charge on any atom is 0.283 e. The summed E-state index contributed by atoms with van der Waals surface area (Å²) in [6.07, 6.45) is 27.9. The summed E-state index contributed by atoms with van der Waals surface area (Å²) in [5.74, 6) is 0. The zero-order chi connectivity index (χ0) is 52.5. The highest BCUT2D eigenvalue weighted by atomic mass is 16.3. The number of imidazole rings is 1. The summed E-state index contributed by atoms with van der Waals surface area (Å²) in [6, 6.07) is 20.4. The molecule has 374 valence electrons. The highest BCUT2D eigenvalue weighted by Crippen LogP contribution is 2.28. The Hall–Kier alpha value is -10.9. The van der Waals surface area contributed by atoms with Gasteiger partial charge in [0.15, 0.2) is 28.5 Å². The molecule has 76 heavy (non-hydrogen) atoms. The lowest BCUT2D eigenvalue weighted by molar-refractivity contribution is 0.602. The molecular formula is C54H44N18O4. The molecule has 0 spiro atoms. The molecule has 0 radical (unpaired) electrons. The maximum atomic E-state index is 12.9. The number of hydrogen-bond donors (Lipinski definition) is 4. The van der Waals surface area contributed by atoms with Crippen molar-refractivity contribution in [3.8, 4) is 50.4 Å². The van der Waals surface area contributed by atoms with Crippen LogP contribution in [0.5, 0.6) is 0 Å². The van der Waals surface area contributed by atoms with Crippen LogP contribution >= 0.6 is 0 Å². The van der Waals surface area contributed by atoms with Gasteiger partial charge in [-0.3, -0.25) is 58.3 Å². The second kappa shape index (κ2) is 21.8. The van der Waals surface area contributed by atoms with E-state index in [-0.39, 0.29) is 16.7 Å². The molecule has 11 aromatic heterocycles. The molecule has 14 aromatic rings. The van der Waals surface area contributed by atoms with Gasteiger partial charge in [-0.25, -0.2) is 24.9 Å². The molecule has 0 amide bonds. The number of hydrogen-bond acceptors (Lipinski definition) is 15. The minimum absolute atomic E-state index is 0.193. The monoisotopic (exact) mass is 1010 g/mol. The number of nitrogens with zero attached hydrogens (tertiary/aromatic N) is 14. The average molecular weight is 1010 g/mol. The number of oxazole rings is 1. The van der Waals surface area contributed by atoms with Crippen LogP contribution in [-0.2, 0) is 0 Å². The van der Waals surface area contributed by atoms with Gasteiger partial charge in [0.1, 0.15) is 22.1 Å². The molecule has 0 aliphatic rings. The standard InChI is InChI=1S/C17H11N7O.C17H10N6O2.C16H11N5O.2C2H6/c25-17-16-15(18-3-4-19-16)12(10-6-22-23-7-10)8-24(17)11-1-2-13-14(5-11)21-9-20-13;24-17-16-15(18-3-4-19-16)12(10-6-21-22-7-10)8-23(17)11-1-2-14-13(5-11)20-9-25-14;22-16-15-14(17-6-7-18-15)13(11-8-19-20-9-11)10-21(16)12-4-2-1-3-5-12;2*1-2/h1-9H,(H,20,21)(H,22,23);1-9H,(H,21,22);1-10H,(H,19,20);2*1-2H3. The van der Waals surface area contributed by atoms with Crippen LogP contribution in [0.4, 0.5) is 0 Å². The third kappa shape index (κ3) is 9.38. The van der Waals surface area contributed by atoms with Crippen molar-refractivity contribution in [1.29, 1.82) is 0 Å². The Bertz CT molecular complexity index is 4230. The van der Waals surface area contributed by atoms with E-state index < -0.39 is 0 Å². The number of aromatic nitrogens is 18. The number of nitrogens with one attached hydrogen (secondary N) is 4. The summed E-state index contributed by atoms with van der Waals surface area (Å²) in [6.45, 7) is 8.00. The molecule has 0 bridgehead atoms. The zero-order valence-electron chi connectivity index (χ0n) is 41.1. The molecule has 22 nitrogen and oxygen atoms in total. The minimum atomic E-state index is -0.252. The third-order valence-electron chi connectivity index (χ3n) is 11.6. The Morgan fingerprint density at radius 2 is 0.868 bits per heavy atom. The molecule has 0 saturated heterocycles. The van der Waals surface area contributed by atoms with E-state index in [1.807, 2.05) is 76.2 Å². The van der Waals surface area contributed by atoms with Gasteiger partial charge in [-0.2, -0.15) is 15.3 Å². The number of aromatic amines is 4. The molecule has 22 heteroatoms. The predicted octanol–water partition coefficient (Wildman–Crippen LogP) is 8.58. The normalized spacial score (nSPS) is 10.8. The van der Waals surface area contributed by atoms with Gasteiger partial charge in [0.2, 0.25) is 0 Å². The number of para-hydroxylation sites is 1. The first-order valence-electron chi connectivity index (χ1n) is 23.9. The summed E-state index contributed by atoms with van der Waals surface area (Å²) in [4.78, 5) is 75.6. The number of pyridine rings is 3. The molecule has 11 heterocycles.